The van der Waals surface area contributed by atoms with Crippen molar-refractivity contribution in [2.75, 3.05) is 19.6 Å². The molecule has 1 aromatic carbocycles. The van der Waals surface area contributed by atoms with E-state index in [-0.39, 0.29) is 0 Å². The van der Waals surface area contributed by atoms with E-state index in [2.05, 4.69) is 53.2 Å². The van der Waals surface area contributed by atoms with Crippen molar-refractivity contribution in [3.05, 3.63) is 48.6 Å². The summed E-state index contributed by atoms with van der Waals surface area (Å²) in [6.07, 6.45) is 10.1. The van der Waals surface area contributed by atoms with Gasteiger partial charge in [0.1, 0.15) is 0 Å². The van der Waals surface area contributed by atoms with Crippen LogP contribution in [0, 0.1) is 0 Å². The highest BCUT2D eigenvalue weighted by Crippen LogP contribution is 2.35. The molecule has 1 N–H and O–H groups in total. The van der Waals surface area contributed by atoms with Crippen molar-refractivity contribution in [1.82, 2.24) is 10.2 Å². The highest BCUT2D eigenvalue weighted by Gasteiger charge is 2.41. The van der Waals surface area contributed by atoms with E-state index < -0.39 is 0 Å². The van der Waals surface area contributed by atoms with E-state index in [1.165, 1.54) is 37.7 Å². The molecule has 2 fully saturated rings. The quantitative estimate of drug-likeness (QED) is 0.853. The largest absolute Gasteiger partial charge is 0.311 e. The van der Waals surface area contributed by atoms with Crippen LogP contribution in [0.4, 0.5) is 0 Å². The zero-order valence-corrected chi connectivity index (χ0v) is 13.1. The van der Waals surface area contributed by atoms with Crippen LogP contribution in [-0.2, 0) is 6.42 Å². The molecule has 1 spiro atoms. The summed E-state index contributed by atoms with van der Waals surface area (Å²) < 4.78 is 0. The average molecular weight is 284 g/mol. The van der Waals surface area contributed by atoms with Crippen LogP contribution in [0.25, 0.3) is 0 Å². The van der Waals surface area contributed by atoms with Crippen molar-refractivity contribution >= 4 is 0 Å². The van der Waals surface area contributed by atoms with Crippen LogP contribution in [-0.4, -0.2) is 36.1 Å². The van der Waals surface area contributed by atoms with Crippen LogP contribution in [0.1, 0.15) is 37.7 Å². The SMILES string of the molecule is C=CCN1CC(Cc2ccccc2)NCC12CCCCC2. The van der Waals surface area contributed by atoms with Gasteiger partial charge in [0.05, 0.1) is 0 Å². The van der Waals surface area contributed by atoms with Crippen LogP contribution in [0.3, 0.4) is 0 Å². The second-order valence-corrected chi connectivity index (χ2v) is 6.75. The predicted molar refractivity (Wildman–Crippen MR) is 89.5 cm³/mol. The molecule has 1 aliphatic heterocycles. The van der Waals surface area contributed by atoms with Crippen molar-refractivity contribution in [1.29, 1.82) is 0 Å². The van der Waals surface area contributed by atoms with E-state index >= 15 is 0 Å². The monoisotopic (exact) mass is 284 g/mol. The normalized spacial score (nSPS) is 25.8. The molecular weight excluding hydrogens is 256 g/mol. The molecule has 1 atom stereocenters. The van der Waals surface area contributed by atoms with Gasteiger partial charge < -0.3 is 5.32 Å². The second kappa shape index (κ2) is 6.76. The van der Waals surface area contributed by atoms with E-state index in [9.17, 15) is 0 Å². The lowest BCUT2D eigenvalue weighted by Crippen LogP contribution is -2.65. The smallest absolute Gasteiger partial charge is 0.0338 e. The number of nitrogens with one attached hydrogen (secondary N) is 1. The zero-order valence-electron chi connectivity index (χ0n) is 13.1. The fourth-order valence-electron chi connectivity index (χ4n) is 4.13. The molecule has 2 aliphatic rings. The first-order chi connectivity index (χ1) is 10.3. The first-order valence-electron chi connectivity index (χ1n) is 8.46. The topological polar surface area (TPSA) is 15.3 Å². The van der Waals surface area contributed by atoms with Gasteiger partial charge in [0.25, 0.3) is 0 Å². The van der Waals surface area contributed by atoms with Gasteiger partial charge in [0.2, 0.25) is 0 Å². The van der Waals surface area contributed by atoms with Gasteiger partial charge in [-0.1, -0.05) is 55.7 Å². The Morgan fingerprint density at radius 1 is 1.19 bits per heavy atom. The summed E-state index contributed by atoms with van der Waals surface area (Å²) in [6, 6.07) is 11.4. The molecule has 1 saturated carbocycles. The van der Waals surface area contributed by atoms with Crippen LogP contribution < -0.4 is 5.32 Å². The lowest BCUT2D eigenvalue weighted by molar-refractivity contribution is 0.0194. The first-order valence-corrected chi connectivity index (χ1v) is 8.46. The fraction of sp³-hybridized carbons (Fsp3) is 0.579. The molecule has 0 aromatic heterocycles. The summed E-state index contributed by atoms with van der Waals surface area (Å²) >= 11 is 0. The Labute approximate surface area is 129 Å². The second-order valence-electron chi connectivity index (χ2n) is 6.75. The van der Waals surface area contributed by atoms with Crippen molar-refractivity contribution in [3.8, 4) is 0 Å². The van der Waals surface area contributed by atoms with Crippen molar-refractivity contribution in [3.63, 3.8) is 0 Å². The molecule has 0 bridgehead atoms. The van der Waals surface area contributed by atoms with Crippen LogP contribution >= 0.6 is 0 Å². The molecule has 1 unspecified atom stereocenters. The van der Waals surface area contributed by atoms with Gasteiger partial charge in [-0.2, -0.15) is 0 Å². The average Bonchev–Trinajstić information content (AvgIpc) is 2.53. The Balaban J connectivity index is 1.67. The van der Waals surface area contributed by atoms with E-state index in [4.69, 9.17) is 0 Å². The Bertz CT molecular complexity index is 448. The van der Waals surface area contributed by atoms with Crippen LogP contribution in [0.5, 0.6) is 0 Å². The van der Waals surface area contributed by atoms with Crippen LogP contribution in [0.2, 0.25) is 0 Å². The molecule has 3 rings (SSSR count). The number of hydrogen-bond donors (Lipinski definition) is 1. The molecule has 1 aromatic rings. The van der Waals surface area contributed by atoms with Gasteiger partial charge in [-0.25, -0.2) is 0 Å². The number of nitrogens with zero attached hydrogens (tertiary/aromatic N) is 1. The summed E-state index contributed by atoms with van der Waals surface area (Å²) in [6.45, 7) is 7.32. The van der Waals surface area contributed by atoms with Gasteiger partial charge >= 0.3 is 0 Å². The van der Waals surface area contributed by atoms with E-state index in [0.717, 1.165) is 26.1 Å². The van der Waals surface area contributed by atoms with Gasteiger partial charge in [-0.3, -0.25) is 4.90 Å². The molecule has 21 heavy (non-hydrogen) atoms. The standard InChI is InChI=1S/C19H28N2/c1-2-13-21-15-18(14-17-9-5-3-6-10-17)20-16-19(21)11-7-4-8-12-19/h2-3,5-6,9-10,18,20H,1,4,7-8,11-16H2. The van der Waals surface area contributed by atoms with Crippen molar-refractivity contribution < 1.29 is 0 Å². The van der Waals surface area contributed by atoms with Gasteiger partial charge in [-0.15, -0.1) is 6.58 Å². The summed E-state index contributed by atoms with van der Waals surface area (Å²) in [5, 5.41) is 3.84. The highest BCUT2D eigenvalue weighted by molar-refractivity contribution is 5.17. The van der Waals surface area contributed by atoms with Crippen molar-refractivity contribution in [2.24, 2.45) is 0 Å². The number of piperazine rings is 1. The molecule has 1 heterocycles. The summed E-state index contributed by atoms with van der Waals surface area (Å²) in [5.74, 6) is 0. The molecule has 0 amide bonds. The number of hydrogen-bond acceptors (Lipinski definition) is 2. The summed E-state index contributed by atoms with van der Waals surface area (Å²) in [7, 11) is 0. The van der Waals surface area contributed by atoms with E-state index in [0.29, 0.717) is 11.6 Å². The minimum atomic E-state index is 0.402. The summed E-state index contributed by atoms with van der Waals surface area (Å²) in [4.78, 5) is 2.71. The number of rotatable bonds is 4. The lowest BCUT2D eigenvalue weighted by Gasteiger charge is -2.52. The molecule has 114 valence electrons. The lowest BCUT2D eigenvalue weighted by atomic mass is 9.78. The maximum Gasteiger partial charge on any atom is 0.0338 e. The summed E-state index contributed by atoms with van der Waals surface area (Å²) in [5.41, 5.74) is 1.84. The predicted octanol–water partition coefficient (Wildman–Crippen LogP) is 3.39. The Morgan fingerprint density at radius 3 is 2.67 bits per heavy atom. The molecule has 1 saturated heterocycles. The van der Waals surface area contributed by atoms with Gasteiger partial charge in [-0.05, 0) is 24.8 Å². The zero-order chi connectivity index (χ0) is 14.5. The Kier molecular flexibility index (Phi) is 4.77. The maximum absolute atomic E-state index is 3.98. The minimum absolute atomic E-state index is 0.402. The Hall–Kier alpha value is -1.12. The van der Waals surface area contributed by atoms with Gasteiger partial charge in [0.15, 0.2) is 0 Å². The third-order valence-corrected chi connectivity index (χ3v) is 5.29. The minimum Gasteiger partial charge on any atom is -0.311 e. The van der Waals surface area contributed by atoms with E-state index in [1.54, 1.807) is 0 Å². The highest BCUT2D eigenvalue weighted by atomic mass is 15.3. The van der Waals surface area contributed by atoms with Crippen LogP contribution in [0.15, 0.2) is 43.0 Å². The fourth-order valence-corrected chi connectivity index (χ4v) is 4.13. The first kappa shape index (κ1) is 14.8. The van der Waals surface area contributed by atoms with Crippen molar-refractivity contribution in [2.45, 2.75) is 50.1 Å². The van der Waals surface area contributed by atoms with E-state index in [1.807, 2.05) is 0 Å². The molecule has 2 nitrogen and oxygen atoms in total. The maximum atomic E-state index is 3.98. The van der Waals surface area contributed by atoms with Gasteiger partial charge in [0, 0.05) is 31.2 Å². The third kappa shape index (κ3) is 3.38. The Morgan fingerprint density at radius 2 is 1.95 bits per heavy atom. The molecule has 1 aliphatic carbocycles. The molecule has 2 heteroatoms. The molecular formula is C19H28N2. The third-order valence-electron chi connectivity index (χ3n) is 5.29. The molecule has 0 radical (unpaired) electrons. The number of benzene rings is 1.